The van der Waals surface area contributed by atoms with E-state index >= 15 is 0 Å². The smallest absolute Gasteiger partial charge is 0.136 e. The SMILES string of the molecule is [2H]c1c([2H])c([2H])c2c(-c3c(-c4ccccc4)ccc4oc5ccccc5c34)c3c([2H])c([2H])c([2H])c([2H])c3c(-c3ccccc3-c3ccccc3)c2c1[2H]. The van der Waals surface area contributed by atoms with Gasteiger partial charge < -0.3 is 4.42 Å². The van der Waals surface area contributed by atoms with Crippen LogP contribution in [0.1, 0.15) is 11.0 Å². The molecule has 0 N–H and O–H groups in total. The first-order chi connectivity index (χ1) is 25.7. The Kier molecular flexibility index (Phi) is 4.30. The van der Waals surface area contributed by atoms with Gasteiger partial charge in [0.2, 0.25) is 0 Å². The molecule has 0 fully saturated rings. The summed E-state index contributed by atoms with van der Waals surface area (Å²) < 4.78 is 80.4. The highest BCUT2D eigenvalue weighted by Crippen LogP contribution is 2.50. The maximum atomic E-state index is 9.59. The van der Waals surface area contributed by atoms with Crippen molar-refractivity contribution < 1.29 is 15.4 Å². The van der Waals surface area contributed by atoms with Crippen LogP contribution in [0.5, 0.6) is 0 Å². The van der Waals surface area contributed by atoms with Crippen molar-refractivity contribution in [3.8, 4) is 44.5 Å². The quantitative estimate of drug-likeness (QED) is 0.189. The van der Waals surface area contributed by atoms with Crippen molar-refractivity contribution in [3.05, 3.63) is 170 Å². The molecule has 0 aliphatic rings. The van der Waals surface area contributed by atoms with E-state index in [1.165, 1.54) is 0 Å². The van der Waals surface area contributed by atoms with Crippen molar-refractivity contribution in [2.75, 3.05) is 0 Å². The second-order valence-electron chi connectivity index (χ2n) is 11.0. The molecule has 8 aromatic carbocycles. The molecule has 0 spiro atoms. The van der Waals surface area contributed by atoms with Gasteiger partial charge in [0.15, 0.2) is 0 Å². The van der Waals surface area contributed by atoms with Crippen LogP contribution in [0.15, 0.2) is 174 Å². The van der Waals surface area contributed by atoms with Crippen molar-refractivity contribution in [1.82, 2.24) is 0 Å². The number of benzene rings is 8. The Bertz CT molecular complexity index is 2890. The average Bonchev–Trinajstić information content (AvgIpc) is 3.59. The van der Waals surface area contributed by atoms with Crippen LogP contribution < -0.4 is 0 Å². The molecular weight excluding hydrogens is 544 g/mol. The molecule has 0 aliphatic carbocycles. The molecule has 45 heavy (non-hydrogen) atoms. The van der Waals surface area contributed by atoms with Crippen molar-refractivity contribution >= 4 is 43.5 Å². The van der Waals surface area contributed by atoms with Gasteiger partial charge in [-0.15, -0.1) is 0 Å². The monoisotopic (exact) mass is 580 g/mol. The summed E-state index contributed by atoms with van der Waals surface area (Å²) in [6.45, 7) is 0. The minimum absolute atomic E-state index is 0.154. The van der Waals surface area contributed by atoms with Crippen LogP contribution in [0.2, 0.25) is 0 Å². The largest absolute Gasteiger partial charge is 0.456 e. The zero-order valence-electron chi connectivity index (χ0n) is 32.0. The van der Waals surface area contributed by atoms with Gasteiger partial charge in [-0.2, -0.15) is 0 Å². The van der Waals surface area contributed by atoms with Crippen LogP contribution in [0, 0.1) is 0 Å². The van der Waals surface area contributed by atoms with E-state index in [0.29, 0.717) is 38.8 Å². The molecule has 0 unspecified atom stereocenters. The van der Waals surface area contributed by atoms with Crippen molar-refractivity contribution in [1.29, 1.82) is 0 Å². The lowest BCUT2D eigenvalue weighted by Crippen LogP contribution is -1.94. The highest BCUT2D eigenvalue weighted by molar-refractivity contribution is 6.28. The Balaban J connectivity index is 1.64. The van der Waals surface area contributed by atoms with E-state index in [-0.39, 0.29) is 51.3 Å². The lowest BCUT2D eigenvalue weighted by atomic mass is 9.81. The lowest BCUT2D eigenvalue weighted by Gasteiger charge is -2.21. The molecule has 0 radical (unpaired) electrons. The van der Waals surface area contributed by atoms with E-state index < -0.39 is 24.2 Å². The van der Waals surface area contributed by atoms with Crippen molar-refractivity contribution in [2.45, 2.75) is 0 Å². The molecule has 1 heteroatoms. The zero-order valence-corrected chi connectivity index (χ0v) is 24.0. The molecule has 0 amide bonds. The van der Waals surface area contributed by atoms with Gasteiger partial charge in [-0.25, -0.2) is 0 Å². The highest BCUT2D eigenvalue weighted by Gasteiger charge is 2.24. The Labute approximate surface area is 272 Å². The summed E-state index contributed by atoms with van der Waals surface area (Å²) in [7, 11) is 0. The predicted molar refractivity (Wildman–Crippen MR) is 190 cm³/mol. The maximum Gasteiger partial charge on any atom is 0.136 e. The molecule has 210 valence electrons. The second kappa shape index (κ2) is 10.4. The number of hydrogen-bond acceptors (Lipinski definition) is 1. The zero-order chi connectivity index (χ0) is 36.7. The molecule has 1 heterocycles. The summed E-state index contributed by atoms with van der Waals surface area (Å²) in [5, 5.41) is 2.06. The molecule has 0 aliphatic heterocycles. The molecular formula is C44H28O. The van der Waals surface area contributed by atoms with Gasteiger partial charge in [0.05, 0.1) is 11.0 Å². The number of hydrogen-bond donors (Lipinski definition) is 0. The van der Waals surface area contributed by atoms with Crippen molar-refractivity contribution in [3.63, 3.8) is 0 Å². The third-order valence-corrected chi connectivity index (χ3v) is 8.53. The van der Waals surface area contributed by atoms with Gasteiger partial charge in [-0.05, 0) is 72.6 Å². The first kappa shape index (κ1) is 18.7. The topological polar surface area (TPSA) is 13.1 Å². The van der Waals surface area contributed by atoms with Crippen LogP contribution in [0.3, 0.4) is 0 Å². The van der Waals surface area contributed by atoms with Gasteiger partial charge in [-0.3, -0.25) is 0 Å². The van der Waals surface area contributed by atoms with Gasteiger partial charge in [0.25, 0.3) is 0 Å². The summed E-state index contributed by atoms with van der Waals surface area (Å²) in [6.07, 6.45) is 0. The van der Waals surface area contributed by atoms with E-state index in [1.54, 1.807) is 0 Å². The van der Waals surface area contributed by atoms with Gasteiger partial charge in [-0.1, -0.05) is 158 Å². The summed E-state index contributed by atoms with van der Waals surface area (Å²) in [6, 6.07) is 35.0. The van der Waals surface area contributed by atoms with Crippen LogP contribution in [0.4, 0.5) is 0 Å². The first-order valence-electron chi connectivity index (χ1n) is 18.8. The number of fused-ring (bicyclic) bond motifs is 5. The van der Waals surface area contributed by atoms with E-state index in [4.69, 9.17) is 9.90 Å². The molecule has 0 bridgehead atoms. The Morgan fingerprint density at radius 3 is 1.51 bits per heavy atom. The van der Waals surface area contributed by atoms with E-state index in [1.807, 2.05) is 121 Å². The molecule has 1 nitrogen and oxygen atoms in total. The van der Waals surface area contributed by atoms with Crippen LogP contribution in [-0.4, -0.2) is 0 Å². The van der Waals surface area contributed by atoms with Crippen LogP contribution in [-0.2, 0) is 0 Å². The van der Waals surface area contributed by atoms with Gasteiger partial charge >= 0.3 is 0 Å². The number of furan rings is 1. The molecule has 1 aromatic heterocycles. The molecule has 0 saturated heterocycles. The standard InChI is InChI=1S/C44H28O/c1-3-15-29(16-4-1)31-19-7-8-20-33(31)41-34-21-9-11-23-36(34)42(37-24-12-10-22-35(37)41)44-32(30-17-5-2-6-18-30)27-28-40-43(44)38-25-13-14-26-39(38)45-40/h1-28H/i9D,10D,11D,12D,21D,22D,23D,24D. The summed E-state index contributed by atoms with van der Waals surface area (Å²) in [4.78, 5) is 0. The third kappa shape index (κ3) is 4.02. The summed E-state index contributed by atoms with van der Waals surface area (Å²) in [5.41, 5.74) is 5.97. The van der Waals surface area contributed by atoms with Crippen LogP contribution in [0.25, 0.3) is 88.0 Å². The summed E-state index contributed by atoms with van der Waals surface area (Å²) in [5.74, 6) is 0. The van der Waals surface area contributed by atoms with Crippen LogP contribution >= 0.6 is 0 Å². The Morgan fingerprint density at radius 1 is 0.356 bits per heavy atom. The fourth-order valence-corrected chi connectivity index (χ4v) is 6.65. The normalized spacial score (nSPS) is 14.0. The molecule has 0 saturated carbocycles. The minimum atomic E-state index is -0.447. The van der Waals surface area contributed by atoms with Gasteiger partial charge in [0.1, 0.15) is 11.2 Å². The highest BCUT2D eigenvalue weighted by atomic mass is 16.3. The first-order valence-corrected chi connectivity index (χ1v) is 14.8. The van der Waals surface area contributed by atoms with Gasteiger partial charge in [0, 0.05) is 16.3 Å². The van der Waals surface area contributed by atoms with E-state index in [2.05, 4.69) is 0 Å². The van der Waals surface area contributed by atoms with Crippen molar-refractivity contribution in [2.24, 2.45) is 0 Å². The summed E-state index contributed by atoms with van der Waals surface area (Å²) >= 11 is 0. The second-order valence-corrected chi connectivity index (χ2v) is 11.0. The fraction of sp³-hybridized carbons (Fsp3) is 0. The fourth-order valence-electron chi connectivity index (χ4n) is 6.65. The van der Waals surface area contributed by atoms with E-state index in [9.17, 15) is 5.48 Å². The Hall–Kier alpha value is -5.92. The molecule has 0 atom stereocenters. The third-order valence-electron chi connectivity index (χ3n) is 8.53. The molecule has 9 rings (SSSR count). The average molecular weight is 581 g/mol. The Morgan fingerprint density at radius 2 is 0.867 bits per heavy atom. The van der Waals surface area contributed by atoms with E-state index in [0.717, 1.165) is 22.1 Å². The maximum absolute atomic E-state index is 9.59. The minimum Gasteiger partial charge on any atom is -0.456 e. The number of rotatable bonds is 4. The number of para-hydroxylation sites is 1. The molecule has 9 aromatic rings. The lowest BCUT2D eigenvalue weighted by molar-refractivity contribution is 0.669. The predicted octanol–water partition coefficient (Wildman–Crippen LogP) is 12.6.